The highest BCUT2D eigenvalue weighted by Gasteiger charge is 2.12. The van der Waals surface area contributed by atoms with Gasteiger partial charge in [0.15, 0.2) is 0 Å². The predicted octanol–water partition coefficient (Wildman–Crippen LogP) is 4.08. The SMILES string of the molecule is O=C(Nc1ccc([N+](=O)[O-])cc1)c1cc(Br)c(O)c(Br)c1. The molecule has 0 atom stereocenters. The van der Waals surface area contributed by atoms with E-state index >= 15 is 0 Å². The number of hydrogen-bond acceptors (Lipinski definition) is 4. The van der Waals surface area contributed by atoms with Crippen molar-refractivity contribution in [3.63, 3.8) is 0 Å². The van der Waals surface area contributed by atoms with Crippen molar-refractivity contribution >= 4 is 49.1 Å². The lowest BCUT2D eigenvalue weighted by molar-refractivity contribution is -0.384. The van der Waals surface area contributed by atoms with Gasteiger partial charge in [0.2, 0.25) is 0 Å². The molecule has 21 heavy (non-hydrogen) atoms. The molecule has 0 fully saturated rings. The third kappa shape index (κ3) is 3.59. The van der Waals surface area contributed by atoms with E-state index in [4.69, 9.17) is 0 Å². The summed E-state index contributed by atoms with van der Waals surface area (Å²) in [4.78, 5) is 22.1. The molecule has 108 valence electrons. The maximum absolute atomic E-state index is 12.1. The summed E-state index contributed by atoms with van der Waals surface area (Å²) in [7, 11) is 0. The number of carbonyl (C=O) groups is 1. The normalized spacial score (nSPS) is 10.2. The highest BCUT2D eigenvalue weighted by Crippen LogP contribution is 2.33. The molecule has 2 aromatic carbocycles. The topological polar surface area (TPSA) is 92.5 Å². The van der Waals surface area contributed by atoms with E-state index in [9.17, 15) is 20.0 Å². The van der Waals surface area contributed by atoms with E-state index in [0.29, 0.717) is 20.2 Å². The molecule has 0 aliphatic rings. The van der Waals surface area contributed by atoms with Crippen LogP contribution in [0.4, 0.5) is 11.4 Å². The molecule has 0 radical (unpaired) electrons. The van der Waals surface area contributed by atoms with Crippen LogP contribution in [-0.2, 0) is 0 Å². The first kappa shape index (κ1) is 15.5. The van der Waals surface area contributed by atoms with Crippen molar-refractivity contribution < 1.29 is 14.8 Å². The number of amides is 1. The number of phenols is 1. The van der Waals surface area contributed by atoms with Gasteiger partial charge in [-0.1, -0.05) is 0 Å². The molecule has 0 saturated heterocycles. The van der Waals surface area contributed by atoms with Gasteiger partial charge in [-0.2, -0.15) is 0 Å². The molecular weight excluding hydrogens is 408 g/mol. The van der Waals surface area contributed by atoms with Crippen molar-refractivity contribution in [3.8, 4) is 5.75 Å². The summed E-state index contributed by atoms with van der Waals surface area (Å²) >= 11 is 6.28. The average molecular weight is 416 g/mol. The maximum atomic E-state index is 12.1. The fourth-order valence-electron chi connectivity index (χ4n) is 1.57. The molecule has 2 aromatic rings. The van der Waals surface area contributed by atoms with E-state index in [2.05, 4.69) is 37.2 Å². The van der Waals surface area contributed by atoms with Crippen molar-refractivity contribution in [1.82, 2.24) is 0 Å². The second kappa shape index (κ2) is 6.23. The van der Waals surface area contributed by atoms with Gasteiger partial charge in [-0.25, -0.2) is 0 Å². The number of nitro benzene ring substituents is 1. The van der Waals surface area contributed by atoms with Crippen molar-refractivity contribution in [2.45, 2.75) is 0 Å². The molecule has 0 aliphatic heterocycles. The number of nitro groups is 1. The second-order valence-electron chi connectivity index (χ2n) is 4.05. The van der Waals surface area contributed by atoms with Gasteiger partial charge in [-0.3, -0.25) is 14.9 Å². The molecule has 0 aliphatic carbocycles. The minimum atomic E-state index is -0.514. The fourth-order valence-corrected chi connectivity index (χ4v) is 2.75. The number of rotatable bonds is 3. The lowest BCUT2D eigenvalue weighted by atomic mass is 10.2. The molecule has 0 aromatic heterocycles. The number of carbonyl (C=O) groups excluding carboxylic acids is 1. The second-order valence-corrected chi connectivity index (χ2v) is 5.76. The third-order valence-corrected chi connectivity index (χ3v) is 3.82. The van der Waals surface area contributed by atoms with Gasteiger partial charge in [0, 0.05) is 23.4 Å². The van der Waals surface area contributed by atoms with Gasteiger partial charge < -0.3 is 10.4 Å². The Labute approximate surface area is 136 Å². The van der Waals surface area contributed by atoms with E-state index in [0.717, 1.165) is 0 Å². The minimum Gasteiger partial charge on any atom is -0.506 e. The molecule has 6 nitrogen and oxygen atoms in total. The molecular formula is C13H8Br2N2O4. The molecule has 2 N–H and O–H groups in total. The van der Waals surface area contributed by atoms with Crippen molar-refractivity contribution in [3.05, 3.63) is 61.0 Å². The molecule has 8 heteroatoms. The van der Waals surface area contributed by atoms with Crippen LogP contribution in [0.1, 0.15) is 10.4 Å². The van der Waals surface area contributed by atoms with Crippen LogP contribution in [0.15, 0.2) is 45.3 Å². The largest absolute Gasteiger partial charge is 0.506 e. The Hall–Kier alpha value is -1.93. The quantitative estimate of drug-likeness (QED) is 0.583. The van der Waals surface area contributed by atoms with E-state index in [1.165, 1.54) is 36.4 Å². The van der Waals surface area contributed by atoms with Gasteiger partial charge in [-0.05, 0) is 56.1 Å². The van der Waals surface area contributed by atoms with E-state index in [-0.39, 0.29) is 11.4 Å². The molecule has 1 amide bonds. The number of anilines is 1. The van der Waals surface area contributed by atoms with Gasteiger partial charge in [-0.15, -0.1) is 0 Å². The molecule has 0 bridgehead atoms. The fraction of sp³-hybridized carbons (Fsp3) is 0. The van der Waals surface area contributed by atoms with Gasteiger partial charge in [0.1, 0.15) is 5.75 Å². The van der Waals surface area contributed by atoms with E-state index in [1.807, 2.05) is 0 Å². The lowest BCUT2D eigenvalue weighted by Gasteiger charge is -2.07. The highest BCUT2D eigenvalue weighted by atomic mass is 79.9. The number of non-ortho nitro benzene ring substituents is 1. The van der Waals surface area contributed by atoms with Crippen LogP contribution in [0.5, 0.6) is 5.75 Å². The Morgan fingerprint density at radius 3 is 2.14 bits per heavy atom. The van der Waals surface area contributed by atoms with Crippen molar-refractivity contribution in [2.75, 3.05) is 5.32 Å². The Morgan fingerprint density at radius 2 is 1.67 bits per heavy atom. The number of hydrogen-bond donors (Lipinski definition) is 2. The summed E-state index contributed by atoms with van der Waals surface area (Å²) in [6.45, 7) is 0. The van der Waals surface area contributed by atoms with Crippen LogP contribution in [0, 0.1) is 10.1 Å². The average Bonchev–Trinajstić information content (AvgIpc) is 2.44. The number of benzene rings is 2. The maximum Gasteiger partial charge on any atom is 0.269 e. The smallest absolute Gasteiger partial charge is 0.269 e. The zero-order valence-corrected chi connectivity index (χ0v) is 13.5. The van der Waals surface area contributed by atoms with Crippen LogP contribution in [0.3, 0.4) is 0 Å². The monoisotopic (exact) mass is 414 g/mol. The molecule has 0 spiro atoms. The minimum absolute atomic E-state index is 0.00175. The number of aromatic hydroxyl groups is 1. The third-order valence-electron chi connectivity index (χ3n) is 2.62. The van der Waals surface area contributed by atoms with Crippen LogP contribution >= 0.6 is 31.9 Å². The first-order chi connectivity index (χ1) is 9.88. The Bertz CT molecular complexity index is 694. The standard InChI is InChI=1S/C13H8Br2N2O4/c14-10-5-7(6-11(15)12(10)18)13(19)16-8-1-3-9(4-2-8)17(20)21/h1-6,18H,(H,16,19). The summed E-state index contributed by atoms with van der Waals surface area (Å²) < 4.78 is 0.761. The highest BCUT2D eigenvalue weighted by molar-refractivity contribution is 9.11. The Morgan fingerprint density at radius 1 is 1.14 bits per heavy atom. The number of nitrogens with zero attached hydrogens (tertiary/aromatic N) is 1. The van der Waals surface area contributed by atoms with Crippen LogP contribution in [-0.4, -0.2) is 15.9 Å². The summed E-state index contributed by atoms with van der Waals surface area (Å²) in [5, 5.41) is 22.8. The number of halogens is 2. The van der Waals surface area contributed by atoms with Crippen LogP contribution in [0.25, 0.3) is 0 Å². The summed E-state index contributed by atoms with van der Waals surface area (Å²) in [5.74, 6) is -0.396. The summed E-state index contributed by atoms with van der Waals surface area (Å²) in [6.07, 6.45) is 0. The van der Waals surface area contributed by atoms with E-state index in [1.54, 1.807) is 0 Å². The first-order valence-corrected chi connectivity index (χ1v) is 7.21. The van der Waals surface area contributed by atoms with Gasteiger partial charge >= 0.3 is 0 Å². The van der Waals surface area contributed by atoms with Crippen molar-refractivity contribution in [2.24, 2.45) is 0 Å². The molecule has 0 unspecified atom stereocenters. The summed E-state index contributed by atoms with van der Waals surface area (Å²) in [5.41, 5.74) is 0.707. The zero-order valence-electron chi connectivity index (χ0n) is 10.3. The number of nitrogens with one attached hydrogen (secondary N) is 1. The predicted molar refractivity (Wildman–Crippen MR) is 84.6 cm³/mol. The Kier molecular flexibility index (Phi) is 4.59. The van der Waals surface area contributed by atoms with Crippen LogP contribution in [0.2, 0.25) is 0 Å². The zero-order chi connectivity index (χ0) is 15.6. The van der Waals surface area contributed by atoms with Crippen LogP contribution < -0.4 is 5.32 Å². The molecule has 2 rings (SSSR count). The first-order valence-electron chi connectivity index (χ1n) is 5.62. The molecule has 0 saturated carbocycles. The van der Waals surface area contributed by atoms with E-state index < -0.39 is 10.8 Å². The number of phenolic OH excluding ortho intramolecular Hbond substituents is 1. The molecule has 0 heterocycles. The van der Waals surface area contributed by atoms with Gasteiger partial charge in [0.05, 0.1) is 13.9 Å². The lowest BCUT2D eigenvalue weighted by Crippen LogP contribution is -2.11. The Balaban J connectivity index is 2.20. The summed E-state index contributed by atoms with van der Waals surface area (Å²) in [6, 6.07) is 8.44. The van der Waals surface area contributed by atoms with Gasteiger partial charge in [0.25, 0.3) is 11.6 Å². The van der Waals surface area contributed by atoms with Crippen molar-refractivity contribution in [1.29, 1.82) is 0 Å².